The van der Waals surface area contributed by atoms with Crippen LogP contribution in [0.4, 0.5) is 16.3 Å². The van der Waals surface area contributed by atoms with Gasteiger partial charge in [-0.15, -0.1) is 0 Å². The molecule has 0 radical (unpaired) electrons. The van der Waals surface area contributed by atoms with Crippen molar-refractivity contribution < 1.29 is 23.6 Å². The fraction of sp³-hybridized carbons (Fsp3) is 0.368. The van der Waals surface area contributed by atoms with Crippen molar-refractivity contribution in [3.63, 3.8) is 0 Å². The predicted molar refractivity (Wildman–Crippen MR) is 103 cm³/mol. The van der Waals surface area contributed by atoms with Crippen LogP contribution >= 0.6 is 0 Å². The van der Waals surface area contributed by atoms with E-state index in [1.165, 1.54) is 4.90 Å². The number of carbonyl (C=O) groups is 3. The van der Waals surface area contributed by atoms with Crippen LogP contribution in [-0.4, -0.2) is 47.7 Å². The molecule has 0 aliphatic heterocycles. The number of hydrogen-bond acceptors (Lipinski definition) is 6. The summed E-state index contributed by atoms with van der Waals surface area (Å²) in [5.41, 5.74) is 0.902. The number of rotatable bonds is 8. The zero-order valence-electron chi connectivity index (χ0n) is 16.2. The van der Waals surface area contributed by atoms with E-state index in [1.807, 2.05) is 6.92 Å². The van der Waals surface area contributed by atoms with Crippen molar-refractivity contribution in [2.45, 2.75) is 27.2 Å². The molecule has 1 heterocycles. The number of aromatic nitrogens is 1. The average molecular weight is 388 g/mol. The van der Waals surface area contributed by atoms with E-state index in [0.717, 1.165) is 0 Å². The lowest BCUT2D eigenvalue weighted by atomic mass is 10.2. The highest BCUT2D eigenvalue weighted by Crippen LogP contribution is 2.12. The fourth-order valence-electron chi connectivity index (χ4n) is 2.41. The second-order valence-electron chi connectivity index (χ2n) is 6.02. The largest absolute Gasteiger partial charge is 0.462 e. The number of urea groups is 1. The first-order valence-corrected chi connectivity index (χ1v) is 8.99. The minimum absolute atomic E-state index is 0.132. The molecule has 3 amide bonds. The topological polar surface area (TPSA) is 114 Å². The molecule has 0 unspecified atom stereocenters. The molecule has 9 heteroatoms. The van der Waals surface area contributed by atoms with Crippen molar-refractivity contribution in [3.8, 4) is 0 Å². The van der Waals surface area contributed by atoms with Gasteiger partial charge in [-0.2, -0.15) is 0 Å². The van der Waals surface area contributed by atoms with Crippen LogP contribution in [0.1, 0.15) is 36.4 Å². The van der Waals surface area contributed by atoms with Crippen LogP contribution in [0.15, 0.2) is 34.9 Å². The number of esters is 1. The monoisotopic (exact) mass is 388 g/mol. The van der Waals surface area contributed by atoms with E-state index in [0.29, 0.717) is 42.4 Å². The lowest BCUT2D eigenvalue weighted by Crippen LogP contribution is -2.41. The van der Waals surface area contributed by atoms with Gasteiger partial charge in [0.15, 0.2) is 5.82 Å². The van der Waals surface area contributed by atoms with Gasteiger partial charge in [-0.25, -0.2) is 9.59 Å². The summed E-state index contributed by atoms with van der Waals surface area (Å²) < 4.78 is 9.82. The molecule has 150 valence electrons. The highest BCUT2D eigenvalue weighted by atomic mass is 16.5. The molecule has 0 aliphatic carbocycles. The summed E-state index contributed by atoms with van der Waals surface area (Å²) in [6, 6.07) is 7.51. The van der Waals surface area contributed by atoms with Gasteiger partial charge >= 0.3 is 12.0 Å². The van der Waals surface area contributed by atoms with E-state index in [-0.39, 0.29) is 12.5 Å². The second-order valence-corrected chi connectivity index (χ2v) is 6.02. The fourth-order valence-corrected chi connectivity index (χ4v) is 2.41. The Balaban J connectivity index is 1.96. The molecule has 2 rings (SSSR count). The molecule has 1 aromatic carbocycles. The first-order chi connectivity index (χ1) is 13.4. The van der Waals surface area contributed by atoms with Gasteiger partial charge in [0.1, 0.15) is 12.3 Å². The summed E-state index contributed by atoms with van der Waals surface area (Å²) in [5, 5.41) is 9.00. The van der Waals surface area contributed by atoms with Crippen molar-refractivity contribution in [2.24, 2.45) is 0 Å². The van der Waals surface area contributed by atoms with Crippen molar-refractivity contribution in [3.05, 3.63) is 41.7 Å². The highest BCUT2D eigenvalue weighted by Gasteiger charge is 2.18. The van der Waals surface area contributed by atoms with Gasteiger partial charge in [-0.3, -0.25) is 4.79 Å². The minimum atomic E-state index is -0.423. The normalized spacial score (nSPS) is 10.2. The molecular weight excluding hydrogens is 364 g/mol. The molecule has 0 saturated carbocycles. The van der Waals surface area contributed by atoms with Gasteiger partial charge in [-0.1, -0.05) is 12.1 Å². The van der Waals surface area contributed by atoms with E-state index in [9.17, 15) is 14.4 Å². The number of hydrogen-bond donors (Lipinski definition) is 2. The quantitative estimate of drug-likeness (QED) is 0.672. The maximum Gasteiger partial charge on any atom is 0.338 e. The van der Waals surface area contributed by atoms with Crippen LogP contribution in [0.25, 0.3) is 0 Å². The maximum absolute atomic E-state index is 12.5. The van der Waals surface area contributed by atoms with Crippen molar-refractivity contribution in [2.75, 3.05) is 30.3 Å². The Morgan fingerprint density at radius 3 is 2.43 bits per heavy atom. The number of amides is 3. The first kappa shape index (κ1) is 20.9. The summed E-state index contributed by atoms with van der Waals surface area (Å²) >= 11 is 0. The summed E-state index contributed by atoms with van der Waals surface area (Å²) in [4.78, 5) is 37.8. The highest BCUT2D eigenvalue weighted by molar-refractivity contribution is 5.97. The number of nitrogens with zero attached hydrogens (tertiary/aromatic N) is 2. The average Bonchev–Trinajstić information content (AvgIpc) is 3.06. The number of anilines is 2. The van der Waals surface area contributed by atoms with Gasteiger partial charge in [-0.05, 0) is 44.5 Å². The SMILES string of the molecule is CCCN(CC(=O)Nc1cc(C)on1)C(=O)Nc1ccc(C(=O)OCC)cc1. The van der Waals surface area contributed by atoms with Crippen molar-refractivity contribution >= 4 is 29.4 Å². The molecule has 2 aromatic rings. The van der Waals surface area contributed by atoms with Gasteiger partial charge in [0, 0.05) is 18.3 Å². The second kappa shape index (κ2) is 10.1. The zero-order valence-corrected chi connectivity index (χ0v) is 16.2. The minimum Gasteiger partial charge on any atom is -0.462 e. The van der Waals surface area contributed by atoms with Gasteiger partial charge in [0.05, 0.1) is 12.2 Å². The predicted octanol–water partition coefficient (Wildman–Crippen LogP) is 3.04. The molecule has 0 saturated heterocycles. The molecule has 1 aromatic heterocycles. The third-order valence-electron chi connectivity index (χ3n) is 3.66. The molecule has 9 nitrogen and oxygen atoms in total. The number of aryl methyl sites for hydroxylation is 1. The molecule has 0 bridgehead atoms. The van der Waals surface area contributed by atoms with Crippen LogP contribution in [0.2, 0.25) is 0 Å². The molecule has 2 N–H and O–H groups in total. The van der Waals surface area contributed by atoms with Gasteiger partial charge in [0.25, 0.3) is 0 Å². The van der Waals surface area contributed by atoms with E-state index in [4.69, 9.17) is 9.26 Å². The van der Waals surface area contributed by atoms with Crippen LogP contribution in [0, 0.1) is 6.92 Å². The summed E-state index contributed by atoms with van der Waals surface area (Å²) in [5.74, 6) is 0.0703. The van der Waals surface area contributed by atoms with Crippen molar-refractivity contribution in [1.82, 2.24) is 10.1 Å². The standard InChI is InChI=1S/C19H24N4O5/c1-4-10-23(12-17(24)21-16-11-13(3)28-22-16)19(26)20-15-8-6-14(7-9-15)18(25)27-5-2/h6-9,11H,4-5,10,12H2,1-3H3,(H,20,26)(H,21,22,24). The van der Waals surface area contributed by atoms with E-state index in [2.05, 4.69) is 15.8 Å². The Morgan fingerprint density at radius 2 is 1.86 bits per heavy atom. The Morgan fingerprint density at radius 1 is 1.14 bits per heavy atom. The number of benzene rings is 1. The maximum atomic E-state index is 12.5. The van der Waals surface area contributed by atoms with Crippen LogP contribution in [0.3, 0.4) is 0 Å². The smallest absolute Gasteiger partial charge is 0.338 e. The summed E-state index contributed by atoms with van der Waals surface area (Å²) in [6.45, 7) is 5.92. The molecule has 0 aliphatic rings. The van der Waals surface area contributed by atoms with Crippen molar-refractivity contribution in [1.29, 1.82) is 0 Å². The lowest BCUT2D eigenvalue weighted by Gasteiger charge is -2.21. The zero-order chi connectivity index (χ0) is 20.5. The summed E-state index contributed by atoms with van der Waals surface area (Å²) in [6.07, 6.45) is 0.686. The third-order valence-corrected chi connectivity index (χ3v) is 3.66. The molecule has 0 spiro atoms. The molecular formula is C19H24N4O5. The van der Waals surface area contributed by atoms with Gasteiger partial charge < -0.3 is 24.8 Å². The lowest BCUT2D eigenvalue weighted by molar-refractivity contribution is -0.116. The third kappa shape index (κ3) is 6.11. The Kier molecular flexibility index (Phi) is 7.55. The molecule has 0 atom stereocenters. The number of ether oxygens (including phenoxy) is 1. The van der Waals surface area contributed by atoms with E-state index < -0.39 is 12.0 Å². The van der Waals surface area contributed by atoms with Crippen LogP contribution in [0.5, 0.6) is 0 Å². The Hall–Kier alpha value is -3.36. The van der Waals surface area contributed by atoms with Gasteiger partial charge in [0.2, 0.25) is 5.91 Å². The van der Waals surface area contributed by atoms with E-state index in [1.54, 1.807) is 44.2 Å². The summed E-state index contributed by atoms with van der Waals surface area (Å²) in [7, 11) is 0. The number of carbonyl (C=O) groups excluding carboxylic acids is 3. The first-order valence-electron chi connectivity index (χ1n) is 8.99. The van der Waals surface area contributed by atoms with Crippen LogP contribution in [-0.2, 0) is 9.53 Å². The van der Waals surface area contributed by atoms with E-state index >= 15 is 0 Å². The Bertz CT molecular complexity index is 816. The van der Waals surface area contributed by atoms with Crippen LogP contribution < -0.4 is 10.6 Å². The Labute approximate surface area is 163 Å². The molecule has 28 heavy (non-hydrogen) atoms. The number of nitrogens with one attached hydrogen (secondary N) is 2. The molecule has 0 fully saturated rings.